The Bertz CT molecular complexity index is 445. The zero-order valence-electron chi connectivity index (χ0n) is 12.9. The van der Waals surface area contributed by atoms with Crippen molar-refractivity contribution in [1.82, 2.24) is 5.32 Å². The molecule has 1 saturated heterocycles. The lowest BCUT2D eigenvalue weighted by molar-refractivity contribution is -0.892. The van der Waals surface area contributed by atoms with Crippen LogP contribution in [0.2, 0.25) is 0 Å². The Labute approximate surface area is 130 Å². The highest BCUT2D eigenvalue weighted by Crippen LogP contribution is 2.68. The Balaban J connectivity index is 2.75. The van der Waals surface area contributed by atoms with E-state index < -0.39 is 26.7 Å². The summed E-state index contributed by atoms with van der Waals surface area (Å²) in [4.78, 5) is 36.6. The van der Waals surface area contributed by atoms with Crippen LogP contribution < -0.4 is 5.32 Å². The molecule has 0 aromatic carbocycles. The number of nitrogens with zero attached hydrogens (tertiary/aromatic N) is 1. The maximum Gasteiger partial charge on any atom is 0.369 e. The number of aliphatic hydroxyl groups is 1. The summed E-state index contributed by atoms with van der Waals surface area (Å²) in [5.41, 5.74) is 0. The predicted octanol–water partition coefficient (Wildman–Crippen LogP) is -0.404. The van der Waals surface area contributed by atoms with Crippen molar-refractivity contribution in [2.75, 3.05) is 33.7 Å². The maximum atomic E-state index is 11.3. The summed E-state index contributed by atoms with van der Waals surface area (Å²) in [6.07, 6.45) is 2.52. The number of quaternary nitrogens is 1. The van der Waals surface area contributed by atoms with E-state index in [1.807, 2.05) is 0 Å². The first-order valence-corrected chi connectivity index (χ1v) is 10.4. The van der Waals surface area contributed by atoms with Crippen LogP contribution in [0.5, 0.6) is 0 Å². The summed E-state index contributed by atoms with van der Waals surface area (Å²) < 4.78 is 23.0. The van der Waals surface area contributed by atoms with E-state index in [2.05, 4.69) is 5.32 Å². The molecule has 0 aromatic rings. The molecule has 0 spiro atoms. The third-order valence-electron chi connectivity index (χ3n) is 4.11. The third-order valence-corrected chi connectivity index (χ3v) is 7.99. The first-order valence-electron chi connectivity index (χ1n) is 7.18. The molecule has 132 valence electrons. The SMILES string of the molecule is C[N+](C)(CCC(O)(P(=O)(O)O)P(=O)(O)O)CC1CCCCN1. The summed E-state index contributed by atoms with van der Waals surface area (Å²) in [7, 11) is -7.14. The first kappa shape index (κ1) is 20.2. The highest BCUT2D eigenvalue weighted by molar-refractivity contribution is 7.72. The van der Waals surface area contributed by atoms with Crippen LogP contribution in [-0.2, 0) is 9.13 Å². The van der Waals surface area contributed by atoms with E-state index in [0.717, 1.165) is 25.8 Å². The summed E-state index contributed by atoms with van der Waals surface area (Å²) in [6, 6.07) is 0.252. The van der Waals surface area contributed by atoms with Gasteiger partial charge in [-0.25, -0.2) is 0 Å². The largest absolute Gasteiger partial charge is 0.369 e. The highest BCUT2D eigenvalue weighted by Gasteiger charge is 2.59. The van der Waals surface area contributed by atoms with Gasteiger partial charge in [0.05, 0.1) is 33.2 Å². The molecule has 0 amide bonds. The van der Waals surface area contributed by atoms with Gasteiger partial charge in [-0.3, -0.25) is 9.13 Å². The topological polar surface area (TPSA) is 147 Å². The molecule has 22 heavy (non-hydrogen) atoms. The molecule has 1 unspecified atom stereocenters. The van der Waals surface area contributed by atoms with Gasteiger partial charge >= 0.3 is 15.2 Å². The molecule has 1 rings (SSSR count). The Hall–Kier alpha value is 0.180. The zero-order chi connectivity index (χ0) is 17.2. The Kier molecular flexibility index (Phi) is 6.41. The molecule has 0 saturated carbocycles. The number of likely N-dealkylation sites (N-methyl/N-ethyl adjacent to an activating group) is 1. The number of rotatable bonds is 7. The van der Waals surface area contributed by atoms with Crippen molar-refractivity contribution in [3.63, 3.8) is 0 Å². The molecule has 0 radical (unpaired) electrons. The average molecular weight is 361 g/mol. The van der Waals surface area contributed by atoms with E-state index in [1.54, 1.807) is 14.1 Å². The molecule has 0 aliphatic carbocycles. The van der Waals surface area contributed by atoms with Gasteiger partial charge in [0.1, 0.15) is 0 Å². The van der Waals surface area contributed by atoms with Crippen molar-refractivity contribution >= 4 is 15.2 Å². The van der Waals surface area contributed by atoms with Gasteiger partial charge in [-0.15, -0.1) is 0 Å². The van der Waals surface area contributed by atoms with E-state index in [4.69, 9.17) is 19.6 Å². The Morgan fingerprint density at radius 2 is 1.68 bits per heavy atom. The number of hydrogen-bond donors (Lipinski definition) is 6. The van der Waals surface area contributed by atoms with Crippen LogP contribution >= 0.6 is 15.2 Å². The summed E-state index contributed by atoms with van der Waals surface area (Å²) in [6.45, 7) is 1.60. The Morgan fingerprint density at radius 3 is 2.09 bits per heavy atom. The highest BCUT2D eigenvalue weighted by atomic mass is 31.2. The second-order valence-electron chi connectivity index (χ2n) is 6.60. The van der Waals surface area contributed by atoms with Gasteiger partial charge in [-0.2, -0.15) is 0 Å². The maximum absolute atomic E-state index is 11.3. The van der Waals surface area contributed by atoms with Gasteiger partial charge in [0.25, 0.3) is 5.08 Å². The zero-order valence-corrected chi connectivity index (χ0v) is 14.7. The lowest BCUT2D eigenvalue weighted by Gasteiger charge is -2.38. The van der Waals surface area contributed by atoms with Crippen LogP contribution in [0.1, 0.15) is 25.7 Å². The molecule has 0 bridgehead atoms. The fourth-order valence-electron chi connectivity index (χ4n) is 2.68. The van der Waals surface area contributed by atoms with Crippen molar-refractivity contribution in [1.29, 1.82) is 0 Å². The molecular formula is C11H27N2O7P2+. The van der Waals surface area contributed by atoms with Gasteiger partial charge in [0, 0.05) is 6.42 Å². The number of nitrogens with one attached hydrogen (secondary N) is 1. The Morgan fingerprint density at radius 1 is 1.14 bits per heavy atom. The lowest BCUT2D eigenvalue weighted by Crippen LogP contribution is -2.52. The monoisotopic (exact) mass is 361 g/mol. The van der Waals surface area contributed by atoms with Gasteiger partial charge in [0.2, 0.25) is 0 Å². The fraction of sp³-hybridized carbons (Fsp3) is 1.00. The second kappa shape index (κ2) is 6.97. The van der Waals surface area contributed by atoms with Crippen molar-refractivity contribution in [3.8, 4) is 0 Å². The van der Waals surface area contributed by atoms with Crippen molar-refractivity contribution in [3.05, 3.63) is 0 Å². The molecular weight excluding hydrogens is 334 g/mol. The second-order valence-corrected chi connectivity index (χ2v) is 10.6. The molecule has 6 N–H and O–H groups in total. The summed E-state index contributed by atoms with van der Waals surface area (Å²) in [5, 5.41) is 9.93. The van der Waals surface area contributed by atoms with E-state index >= 15 is 0 Å². The minimum atomic E-state index is -5.37. The minimum Gasteiger partial charge on any atom is -0.367 e. The van der Waals surface area contributed by atoms with E-state index in [9.17, 15) is 14.2 Å². The molecule has 1 heterocycles. The molecule has 9 nitrogen and oxygen atoms in total. The van der Waals surface area contributed by atoms with Gasteiger partial charge < -0.3 is 34.5 Å². The van der Waals surface area contributed by atoms with Crippen molar-refractivity contribution < 1.29 is 38.3 Å². The van der Waals surface area contributed by atoms with Crippen molar-refractivity contribution in [2.24, 2.45) is 0 Å². The molecule has 1 aliphatic rings. The third kappa shape index (κ3) is 5.09. The van der Waals surface area contributed by atoms with Gasteiger partial charge in [-0.1, -0.05) is 6.42 Å². The molecule has 0 aromatic heterocycles. The smallest absolute Gasteiger partial charge is 0.367 e. The number of piperidine rings is 1. The van der Waals surface area contributed by atoms with Crippen LogP contribution in [0.4, 0.5) is 0 Å². The molecule has 1 aliphatic heterocycles. The van der Waals surface area contributed by atoms with Crippen LogP contribution in [0.25, 0.3) is 0 Å². The standard InChI is InChI=1S/C11H26N2O7P2/c1-13(2,9-10-5-3-4-7-12-10)8-6-11(14,21(15,16)17)22(18,19)20/h10,12,14H,3-9H2,1-2H3,(H3-,15,16,17,18,19,20)/p+1. The molecule has 1 fully saturated rings. The summed E-state index contributed by atoms with van der Waals surface area (Å²) in [5.74, 6) is 0. The van der Waals surface area contributed by atoms with E-state index in [1.165, 1.54) is 0 Å². The van der Waals surface area contributed by atoms with Gasteiger partial charge in [0.15, 0.2) is 0 Å². The van der Waals surface area contributed by atoms with Crippen LogP contribution in [0, 0.1) is 0 Å². The van der Waals surface area contributed by atoms with Crippen LogP contribution in [0.3, 0.4) is 0 Å². The minimum absolute atomic E-state index is 0.0326. The normalized spacial score (nSPS) is 21.9. The summed E-state index contributed by atoms with van der Waals surface area (Å²) >= 11 is 0. The van der Waals surface area contributed by atoms with E-state index in [-0.39, 0.29) is 12.6 Å². The van der Waals surface area contributed by atoms with Crippen LogP contribution in [-0.4, -0.2) is 74.0 Å². The molecule has 11 heteroatoms. The van der Waals surface area contributed by atoms with Crippen molar-refractivity contribution in [2.45, 2.75) is 36.8 Å². The fourth-order valence-corrected chi connectivity index (χ4v) is 4.82. The average Bonchev–Trinajstić information content (AvgIpc) is 2.34. The molecule has 1 atom stereocenters. The lowest BCUT2D eigenvalue weighted by atomic mass is 10.0. The van der Waals surface area contributed by atoms with Crippen LogP contribution in [0.15, 0.2) is 0 Å². The first-order chi connectivity index (χ1) is 9.79. The van der Waals surface area contributed by atoms with Gasteiger partial charge in [-0.05, 0) is 19.4 Å². The quantitative estimate of drug-likeness (QED) is 0.265. The number of hydrogen-bond acceptors (Lipinski definition) is 4. The van der Waals surface area contributed by atoms with E-state index in [0.29, 0.717) is 11.0 Å². The predicted molar refractivity (Wildman–Crippen MR) is 81.1 cm³/mol.